The van der Waals surface area contributed by atoms with E-state index in [4.69, 9.17) is 41.2 Å². The monoisotopic (exact) mass is 483 g/mol. The van der Waals surface area contributed by atoms with Crippen molar-refractivity contribution in [1.29, 1.82) is 0 Å². The third-order valence-corrected chi connectivity index (χ3v) is 7.30. The summed E-state index contributed by atoms with van der Waals surface area (Å²) in [4.78, 5) is 25.8. The number of benzene rings is 1. The fourth-order valence-corrected chi connectivity index (χ4v) is 5.62. The van der Waals surface area contributed by atoms with Crippen LogP contribution in [0, 0.1) is 11.3 Å². The Morgan fingerprint density at radius 2 is 1.97 bits per heavy atom. The lowest BCUT2D eigenvalue weighted by molar-refractivity contribution is 0.0975. The van der Waals surface area contributed by atoms with Crippen molar-refractivity contribution in [3.63, 3.8) is 0 Å². The van der Waals surface area contributed by atoms with Gasteiger partial charge in [-0.15, -0.1) is 11.3 Å². The minimum absolute atomic E-state index is 0.0597. The van der Waals surface area contributed by atoms with Crippen molar-refractivity contribution >= 4 is 68.7 Å². The smallest absolute Gasteiger partial charge is 0.258 e. The van der Waals surface area contributed by atoms with E-state index in [-0.39, 0.29) is 21.1 Å². The molecule has 0 radical (unpaired) electrons. The third-order valence-electron chi connectivity index (χ3n) is 5.36. The number of anilines is 1. The molecule has 30 heavy (non-hydrogen) atoms. The number of halogens is 2. The molecule has 4 N–H and O–H groups in total. The summed E-state index contributed by atoms with van der Waals surface area (Å²) in [6, 6.07) is 4.60. The molecule has 160 valence electrons. The number of primary amides is 1. The van der Waals surface area contributed by atoms with Crippen LogP contribution in [0.15, 0.2) is 18.2 Å². The molecule has 0 saturated carbocycles. The van der Waals surface area contributed by atoms with Gasteiger partial charge in [-0.05, 0) is 66.6 Å². The Morgan fingerprint density at radius 3 is 2.60 bits per heavy atom. The molecule has 0 bridgehead atoms. The number of fused-ring (bicyclic) bond motifs is 1. The number of nitrogens with two attached hydrogens (primary N) is 1. The van der Waals surface area contributed by atoms with Crippen LogP contribution in [0.4, 0.5) is 5.00 Å². The van der Waals surface area contributed by atoms with Crippen LogP contribution in [0.25, 0.3) is 0 Å². The van der Waals surface area contributed by atoms with Gasteiger partial charge in [0.15, 0.2) is 5.11 Å². The SMILES string of the molecule is CC(C)(C)[C@@H]1CCc2c(sc(NC(=S)NC(=O)c3cc(Cl)ccc3Cl)c2C(N)=O)C1. The number of hydrogen-bond donors (Lipinski definition) is 3. The number of hydrogen-bond acceptors (Lipinski definition) is 4. The van der Waals surface area contributed by atoms with E-state index < -0.39 is 11.8 Å². The average molecular weight is 484 g/mol. The molecule has 0 aliphatic heterocycles. The van der Waals surface area contributed by atoms with Gasteiger partial charge in [-0.1, -0.05) is 44.0 Å². The highest BCUT2D eigenvalue weighted by Gasteiger charge is 2.33. The minimum Gasteiger partial charge on any atom is -0.365 e. The van der Waals surface area contributed by atoms with Gasteiger partial charge in [0, 0.05) is 9.90 Å². The maximum atomic E-state index is 12.5. The molecule has 9 heteroatoms. The third kappa shape index (κ3) is 4.97. The van der Waals surface area contributed by atoms with Crippen molar-refractivity contribution in [3.8, 4) is 0 Å². The fourth-order valence-electron chi connectivity index (χ4n) is 3.65. The Kier molecular flexibility index (Phi) is 6.77. The molecule has 1 aliphatic rings. The van der Waals surface area contributed by atoms with Crippen LogP contribution >= 0.6 is 46.8 Å². The van der Waals surface area contributed by atoms with Crippen LogP contribution in [-0.2, 0) is 12.8 Å². The summed E-state index contributed by atoms with van der Waals surface area (Å²) in [5.41, 5.74) is 7.51. The first-order valence-corrected chi connectivity index (χ1v) is 11.5. The first-order chi connectivity index (χ1) is 14.0. The molecule has 3 rings (SSSR count). The largest absolute Gasteiger partial charge is 0.365 e. The number of amides is 2. The van der Waals surface area contributed by atoms with Gasteiger partial charge in [0.25, 0.3) is 11.8 Å². The molecule has 1 aliphatic carbocycles. The quantitative estimate of drug-likeness (QED) is 0.507. The Morgan fingerprint density at radius 1 is 1.27 bits per heavy atom. The summed E-state index contributed by atoms with van der Waals surface area (Å²) < 4.78 is 0. The van der Waals surface area contributed by atoms with Crippen molar-refractivity contribution in [2.75, 3.05) is 5.32 Å². The summed E-state index contributed by atoms with van der Waals surface area (Å²) in [5.74, 6) is -0.472. The van der Waals surface area contributed by atoms with Crippen molar-refractivity contribution in [1.82, 2.24) is 5.32 Å². The van der Waals surface area contributed by atoms with Crippen LogP contribution in [-0.4, -0.2) is 16.9 Å². The summed E-state index contributed by atoms with van der Waals surface area (Å²) in [6.45, 7) is 6.70. The van der Waals surface area contributed by atoms with Gasteiger partial charge in [-0.2, -0.15) is 0 Å². The van der Waals surface area contributed by atoms with Gasteiger partial charge in [-0.25, -0.2) is 0 Å². The minimum atomic E-state index is -0.503. The molecular formula is C21H23Cl2N3O2S2. The van der Waals surface area contributed by atoms with E-state index in [1.165, 1.54) is 17.4 Å². The zero-order valence-electron chi connectivity index (χ0n) is 16.9. The fraction of sp³-hybridized carbons (Fsp3) is 0.381. The van der Waals surface area contributed by atoms with Crippen molar-refractivity contribution in [3.05, 3.63) is 49.8 Å². The number of thiocarbonyl (C=S) groups is 1. The number of rotatable bonds is 3. The Hall–Kier alpha value is -1.67. The zero-order valence-corrected chi connectivity index (χ0v) is 20.0. The normalized spacial score (nSPS) is 16.0. The van der Waals surface area contributed by atoms with Gasteiger partial charge in [-0.3, -0.25) is 14.9 Å². The Labute approximate surface area is 195 Å². The number of carbonyl (C=O) groups excluding carboxylic acids is 2. The number of carbonyl (C=O) groups is 2. The highest BCUT2D eigenvalue weighted by atomic mass is 35.5. The summed E-state index contributed by atoms with van der Waals surface area (Å²) >= 11 is 18.8. The van der Waals surface area contributed by atoms with Crippen LogP contribution < -0.4 is 16.4 Å². The molecule has 1 aromatic heterocycles. The number of thiophene rings is 1. The predicted molar refractivity (Wildman–Crippen MR) is 128 cm³/mol. The van der Waals surface area contributed by atoms with Gasteiger partial charge < -0.3 is 11.1 Å². The Bertz CT molecular complexity index is 1030. The van der Waals surface area contributed by atoms with E-state index >= 15 is 0 Å². The topological polar surface area (TPSA) is 84.2 Å². The van der Waals surface area contributed by atoms with Gasteiger partial charge in [0.05, 0.1) is 16.1 Å². The van der Waals surface area contributed by atoms with E-state index in [0.717, 1.165) is 29.7 Å². The molecule has 2 aromatic rings. The highest BCUT2D eigenvalue weighted by molar-refractivity contribution is 7.80. The van der Waals surface area contributed by atoms with Crippen molar-refractivity contribution in [2.45, 2.75) is 40.0 Å². The molecule has 2 amide bonds. The second kappa shape index (κ2) is 8.83. The van der Waals surface area contributed by atoms with Gasteiger partial charge in [0.2, 0.25) is 0 Å². The van der Waals surface area contributed by atoms with Crippen LogP contribution in [0.5, 0.6) is 0 Å². The molecule has 1 heterocycles. The lowest BCUT2D eigenvalue weighted by Crippen LogP contribution is -2.34. The molecule has 0 saturated heterocycles. The maximum absolute atomic E-state index is 12.5. The molecular weight excluding hydrogens is 461 g/mol. The molecule has 0 spiro atoms. The van der Waals surface area contributed by atoms with E-state index in [9.17, 15) is 9.59 Å². The van der Waals surface area contributed by atoms with Crippen LogP contribution in [0.2, 0.25) is 10.0 Å². The standard InChI is InChI=1S/C21H23Cl2N3O2S2/c1-21(2,3)10-4-6-12-15(8-10)30-19(16(12)17(24)27)26-20(29)25-18(28)13-9-11(22)5-7-14(13)23/h5,7,9-10H,4,6,8H2,1-3H3,(H2,24,27)(H2,25,26,28,29)/t10-/m1/s1. The summed E-state index contributed by atoms with van der Waals surface area (Å²) in [5, 5.41) is 6.83. The molecule has 5 nitrogen and oxygen atoms in total. The second-order valence-corrected chi connectivity index (χ2v) is 10.8. The predicted octanol–water partition coefficient (Wildman–Crippen LogP) is 5.43. The average Bonchev–Trinajstić information content (AvgIpc) is 2.99. The molecule has 0 unspecified atom stereocenters. The van der Waals surface area contributed by atoms with E-state index in [0.29, 0.717) is 21.5 Å². The lowest BCUT2D eigenvalue weighted by Gasteiger charge is -2.33. The van der Waals surface area contributed by atoms with Crippen molar-refractivity contribution < 1.29 is 9.59 Å². The summed E-state index contributed by atoms with van der Waals surface area (Å²) in [7, 11) is 0. The molecule has 1 aromatic carbocycles. The van der Waals surface area contributed by atoms with E-state index in [1.54, 1.807) is 12.1 Å². The second-order valence-electron chi connectivity index (χ2n) is 8.41. The van der Waals surface area contributed by atoms with Gasteiger partial charge in [0.1, 0.15) is 5.00 Å². The molecule has 0 fully saturated rings. The van der Waals surface area contributed by atoms with E-state index in [2.05, 4.69) is 31.4 Å². The first-order valence-electron chi connectivity index (χ1n) is 9.49. The maximum Gasteiger partial charge on any atom is 0.258 e. The van der Waals surface area contributed by atoms with Crippen LogP contribution in [0.1, 0.15) is 58.3 Å². The van der Waals surface area contributed by atoms with E-state index in [1.807, 2.05) is 0 Å². The summed E-state index contributed by atoms with van der Waals surface area (Å²) in [6.07, 6.45) is 2.69. The Balaban J connectivity index is 1.80. The first kappa shape index (κ1) is 23.0. The van der Waals surface area contributed by atoms with Crippen LogP contribution in [0.3, 0.4) is 0 Å². The molecule has 1 atom stereocenters. The van der Waals surface area contributed by atoms with Crippen molar-refractivity contribution in [2.24, 2.45) is 17.1 Å². The van der Waals surface area contributed by atoms with Gasteiger partial charge >= 0.3 is 0 Å². The lowest BCUT2D eigenvalue weighted by atomic mass is 9.72. The highest BCUT2D eigenvalue weighted by Crippen LogP contribution is 2.44. The zero-order chi connectivity index (χ0) is 22.2. The number of nitrogens with one attached hydrogen (secondary N) is 2.